The minimum Gasteiger partial charge on any atom is -0.400 e. The fraction of sp³-hybridized carbons (Fsp3) is 0.857. The van der Waals surface area contributed by atoms with Crippen LogP contribution in [0.25, 0.3) is 0 Å². The molecule has 0 aromatic carbocycles. The van der Waals surface area contributed by atoms with Crippen molar-refractivity contribution in [1.82, 2.24) is 0 Å². The van der Waals surface area contributed by atoms with E-state index >= 15 is 0 Å². The minimum atomic E-state index is -0.347. The molecule has 3 N–H and O–H groups in total. The average Bonchev–Trinajstić information content (AvgIpc) is 2.88. The van der Waals surface area contributed by atoms with E-state index in [9.17, 15) is 10.2 Å². The Bertz CT molecular complexity index is 447. The van der Waals surface area contributed by atoms with Gasteiger partial charge in [-0.3, -0.25) is 0 Å². The summed E-state index contributed by atoms with van der Waals surface area (Å²) in [5.74, 6) is 0.549. The lowest BCUT2D eigenvalue weighted by Crippen LogP contribution is -2.24. The molecule has 7 nitrogen and oxygen atoms in total. The number of hydrogen-bond donors (Lipinski definition) is 3. The number of rotatable bonds is 16. The van der Waals surface area contributed by atoms with Crippen LogP contribution in [0.4, 0.5) is 0 Å². The highest BCUT2D eigenvalue weighted by Crippen LogP contribution is 2.20. The van der Waals surface area contributed by atoms with E-state index in [-0.39, 0.29) is 36.9 Å². The normalized spacial score (nSPS) is 16.4. The van der Waals surface area contributed by atoms with Crippen molar-refractivity contribution in [2.24, 2.45) is 11.8 Å². The summed E-state index contributed by atoms with van der Waals surface area (Å²) in [7, 11) is 9.29. The average molecular weight is 509 g/mol. The van der Waals surface area contributed by atoms with Gasteiger partial charge in [-0.25, -0.2) is 0 Å². The van der Waals surface area contributed by atoms with Gasteiger partial charge in [-0.05, 0) is 38.5 Å². The second-order valence-electron chi connectivity index (χ2n) is 8.31. The molecule has 0 radical (unpaired) electrons. The van der Waals surface area contributed by atoms with Gasteiger partial charge in [0.25, 0.3) is 0 Å². The largest absolute Gasteiger partial charge is 0.400 e. The molecule has 0 aliphatic rings. The zero-order chi connectivity index (χ0) is 28.2. The molecule has 0 heterocycles. The Balaban J connectivity index is -0.000000617. The van der Waals surface area contributed by atoms with Gasteiger partial charge >= 0.3 is 0 Å². The fourth-order valence-electron chi connectivity index (χ4n) is 3.44. The summed E-state index contributed by atoms with van der Waals surface area (Å²) in [5, 5.41) is 26.7. The van der Waals surface area contributed by atoms with Gasteiger partial charge in [0.2, 0.25) is 0 Å². The Morgan fingerprint density at radius 1 is 0.886 bits per heavy atom. The molecule has 0 aliphatic carbocycles. The van der Waals surface area contributed by atoms with Crippen LogP contribution >= 0.6 is 0 Å². The van der Waals surface area contributed by atoms with Gasteiger partial charge < -0.3 is 34.3 Å². The van der Waals surface area contributed by atoms with E-state index in [1.165, 1.54) is 5.57 Å². The molecule has 6 atom stereocenters. The maximum Gasteiger partial charge on any atom is 0.0826 e. The van der Waals surface area contributed by atoms with E-state index in [2.05, 4.69) is 37.7 Å². The molecule has 0 spiro atoms. The van der Waals surface area contributed by atoms with Gasteiger partial charge in [0.15, 0.2) is 0 Å². The molecule has 214 valence electrons. The van der Waals surface area contributed by atoms with Crippen molar-refractivity contribution in [3.8, 4) is 0 Å². The summed E-state index contributed by atoms with van der Waals surface area (Å²) in [5.41, 5.74) is 1.19. The van der Waals surface area contributed by atoms with E-state index in [0.29, 0.717) is 12.3 Å². The number of methoxy groups -OCH3 is 4. The second-order valence-corrected chi connectivity index (χ2v) is 8.31. The molecule has 35 heavy (non-hydrogen) atoms. The third-order valence-electron chi connectivity index (χ3n) is 5.61. The number of aliphatic hydroxyl groups is 3. The lowest BCUT2D eigenvalue weighted by Gasteiger charge is -2.23. The van der Waals surface area contributed by atoms with E-state index in [0.717, 1.165) is 32.8 Å². The smallest absolute Gasteiger partial charge is 0.0826 e. The van der Waals surface area contributed by atoms with Crippen molar-refractivity contribution in [2.45, 2.75) is 98.1 Å². The third-order valence-corrected chi connectivity index (χ3v) is 5.61. The lowest BCUT2D eigenvalue weighted by molar-refractivity contribution is -0.00396. The molecule has 0 saturated carbocycles. The van der Waals surface area contributed by atoms with Gasteiger partial charge in [-0.15, -0.1) is 0 Å². The lowest BCUT2D eigenvalue weighted by atomic mass is 9.91. The van der Waals surface area contributed by atoms with Crippen molar-refractivity contribution in [3.05, 3.63) is 23.8 Å². The molecular formula is C28H60O7. The highest BCUT2D eigenvalue weighted by Gasteiger charge is 2.18. The molecule has 0 rings (SSSR count). The Labute approximate surface area is 217 Å². The van der Waals surface area contributed by atoms with Gasteiger partial charge in [0, 0.05) is 55.0 Å². The zero-order valence-electron chi connectivity index (χ0n) is 24.9. The maximum absolute atomic E-state index is 10.4. The van der Waals surface area contributed by atoms with Crippen LogP contribution in [-0.4, -0.2) is 89.0 Å². The van der Waals surface area contributed by atoms with Gasteiger partial charge in [0.05, 0.1) is 31.0 Å². The van der Waals surface area contributed by atoms with Gasteiger partial charge in [-0.2, -0.15) is 0 Å². The molecule has 0 aliphatic heterocycles. The number of allylic oxidation sites excluding steroid dienone is 2. The van der Waals surface area contributed by atoms with Crippen LogP contribution in [0.5, 0.6) is 0 Å². The summed E-state index contributed by atoms with van der Waals surface area (Å²) in [6, 6.07) is 0. The third kappa shape index (κ3) is 24.7. The van der Waals surface area contributed by atoms with E-state index in [1.54, 1.807) is 35.5 Å². The molecular weight excluding hydrogens is 448 g/mol. The Morgan fingerprint density at radius 3 is 1.80 bits per heavy atom. The highest BCUT2D eigenvalue weighted by atomic mass is 16.5. The Hall–Kier alpha value is -0.800. The standard InChI is InChI=1S/C23H44O5.C2H6O.C2H6.CH4O/c1-8-23(28-7)19(4)12-13-22(25)18(3)11-9-10-17(2)14-20(26-5)15-21(16-24)27-6;1-3-2;2*1-2/h9-11,18-25H,8,12-16H2,1-7H3;1-2H3;1-2H3;2H,1H3/b11-9+,17-10+;;;. The summed E-state index contributed by atoms with van der Waals surface area (Å²) >= 11 is 0. The van der Waals surface area contributed by atoms with E-state index in [4.69, 9.17) is 19.3 Å². The van der Waals surface area contributed by atoms with Crippen molar-refractivity contribution < 1.29 is 34.3 Å². The monoisotopic (exact) mass is 508 g/mol. The summed E-state index contributed by atoms with van der Waals surface area (Å²) in [6.45, 7) is 12.4. The highest BCUT2D eigenvalue weighted by molar-refractivity contribution is 5.12. The van der Waals surface area contributed by atoms with E-state index in [1.807, 2.05) is 26.8 Å². The van der Waals surface area contributed by atoms with Gasteiger partial charge in [0.1, 0.15) is 0 Å². The number of aliphatic hydroxyl groups excluding tert-OH is 3. The molecule has 0 bridgehead atoms. The van der Waals surface area contributed by atoms with Crippen LogP contribution in [-0.2, 0) is 18.9 Å². The molecule has 6 unspecified atom stereocenters. The molecule has 7 heteroatoms. The first-order chi connectivity index (χ1) is 16.7. The molecule has 0 amide bonds. The summed E-state index contributed by atoms with van der Waals surface area (Å²) < 4.78 is 20.5. The first-order valence-electron chi connectivity index (χ1n) is 12.8. The van der Waals surface area contributed by atoms with Crippen LogP contribution < -0.4 is 0 Å². The molecule has 0 aromatic rings. The Kier molecular flexibility index (Phi) is 36.9. The second kappa shape index (κ2) is 31.2. The van der Waals surface area contributed by atoms with Crippen molar-refractivity contribution in [2.75, 3.05) is 49.3 Å². The topological polar surface area (TPSA) is 97.6 Å². The minimum absolute atomic E-state index is 0.00354. The summed E-state index contributed by atoms with van der Waals surface area (Å²) in [6.07, 6.45) is 10.0. The van der Waals surface area contributed by atoms with Crippen LogP contribution in [0.2, 0.25) is 0 Å². The van der Waals surface area contributed by atoms with E-state index < -0.39 is 0 Å². The zero-order valence-corrected chi connectivity index (χ0v) is 24.9. The van der Waals surface area contributed by atoms with Crippen LogP contribution in [0.3, 0.4) is 0 Å². The summed E-state index contributed by atoms with van der Waals surface area (Å²) in [4.78, 5) is 0. The fourth-order valence-corrected chi connectivity index (χ4v) is 3.44. The van der Waals surface area contributed by atoms with Crippen molar-refractivity contribution >= 4 is 0 Å². The molecule has 0 fully saturated rings. The van der Waals surface area contributed by atoms with Crippen LogP contribution in [0.1, 0.15) is 73.6 Å². The predicted octanol–water partition coefficient (Wildman–Crippen LogP) is 5.03. The number of ether oxygens (including phenoxy) is 4. The Morgan fingerprint density at radius 2 is 1.40 bits per heavy atom. The first-order valence-corrected chi connectivity index (χ1v) is 12.8. The molecule has 0 aromatic heterocycles. The quantitative estimate of drug-likeness (QED) is 0.252. The van der Waals surface area contributed by atoms with Crippen LogP contribution in [0, 0.1) is 11.8 Å². The van der Waals surface area contributed by atoms with Gasteiger partial charge in [-0.1, -0.05) is 58.4 Å². The molecule has 0 saturated heterocycles. The predicted molar refractivity (Wildman–Crippen MR) is 148 cm³/mol. The SMILES string of the molecule is CC.CCC(OC)C(C)CCC(O)C(C)/C=C/C=C(\C)CC(CC(CO)OC)OC.CO.COC. The van der Waals surface area contributed by atoms with Crippen molar-refractivity contribution in [3.63, 3.8) is 0 Å². The van der Waals surface area contributed by atoms with Crippen molar-refractivity contribution in [1.29, 1.82) is 0 Å². The first kappa shape index (κ1) is 41.3. The maximum atomic E-state index is 10.4. The van der Waals surface area contributed by atoms with Crippen LogP contribution in [0.15, 0.2) is 23.8 Å². The number of hydrogen-bond acceptors (Lipinski definition) is 7.